The molecule has 4 rings (SSSR count). The molecule has 1 atom stereocenters. The van der Waals surface area contributed by atoms with Crippen LogP contribution in [0.4, 0.5) is 5.69 Å². The first-order chi connectivity index (χ1) is 14.0. The summed E-state index contributed by atoms with van der Waals surface area (Å²) < 4.78 is 0. The highest BCUT2D eigenvalue weighted by molar-refractivity contribution is 7.99. The number of nitrogens with zero attached hydrogens (tertiary/aromatic N) is 1. The average molecular weight is 430 g/mol. The SMILES string of the molecule is CC1(C)CCCC(Sc2ncccc2CNc2c(Cl)ccc3c2CCNCC3)C1. The summed E-state index contributed by atoms with van der Waals surface area (Å²) in [5, 5.41) is 9.81. The summed E-state index contributed by atoms with van der Waals surface area (Å²) >= 11 is 8.57. The van der Waals surface area contributed by atoms with E-state index >= 15 is 0 Å². The molecule has 29 heavy (non-hydrogen) atoms. The molecule has 2 aromatic rings. The van der Waals surface area contributed by atoms with Gasteiger partial charge in [-0.25, -0.2) is 4.98 Å². The second kappa shape index (κ2) is 9.28. The van der Waals surface area contributed by atoms with Crippen LogP contribution < -0.4 is 10.6 Å². The maximum atomic E-state index is 6.60. The lowest BCUT2D eigenvalue weighted by atomic mass is 9.77. The van der Waals surface area contributed by atoms with Crippen LogP contribution in [0.2, 0.25) is 5.02 Å². The molecule has 2 aliphatic rings. The quantitative estimate of drug-likeness (QED) is 0.602. The molecule has 156 valence electrons. The van der Waals surface area contributed by atoms with Crippen molar-refractivity contribution in [3.05, 3.63) is 52.2 Å². The van der Waals surface area contributed by atoms with Crippen LogP contribution in [0, 0.1) is 5.41 Å². The number of rotatable bonds is 5. The third kappa shape index (κ3) is 5.28. The van der Waals surface area contributed by atoms with Gasteiger partial charge in [-0.1, -0.05) is 44.0 Å². The summed E-state index contributed by atoms with van der Waals surface area (Å²) in [5.41, 5.74) is 5.60. The summed E-state index contributed by atoms with van der Waals surface area (Å²) in [6.07, 6.45) is 9.23. The van der Waals surface area contributed by atoms with Crippen molar-refractivity contribution in [3.63, 3.8) is 0 Å². The van der Waals surface area contributed by atoms with E-state index in [1.165, 1.54) is 47.4 Å². The van der Waals surface area contributed by atoms with Gasteiger partial charge in [-0.05, 0) is 73.9 Å². The molecule has 1 aliphatic carbocycles. The molecule has 1 unspecified atom stereocenters. The summed E-state index contributed by atoms with van der Waals surface area (Å²) in [6, 6.07) is 8.47. The van der Waals surface area contributed by atoms with Gasteiger partial charge in [0.05, 0.1) is 10.7 Å². The summed E-state index contributed by atoms with van der Waals surface area (Å²) in [6.45, 7) is 7.61. The Kier molecular flexibility index (Phi) is 6.73. The van der Waals surface area contributed by atoms with Crippen LogP contribution in [-0.2, 0) is 19.4 Å². The highest BCUT2D eigenvalue weighted by atomic mass is 35.5. The molecule has 1 aromatic heterocycles. The van der Waals surface area contributed by atoms with Crippen LogP contribution in [0.1, 0.15) is 56.2 Å². The molecule has 1 saturated carbocycles. The number of pyridine rings is 1. The minimum absolute atomic E-state index is 0.451. The molecule has 1 aromatic carbocycles. The summed E-state index contributed by atoms with van der Waals surface area (Å²) in [4.78, 5) is 4.74. The van der Waals surface area contributed by atoms with Crippen molar-refractivity contribution in [2.24, 2.45) is 5.41 Å². The van der Waals surface area contributed by atoms with E-state index in [2.05, 4.69) is 36.6 Å². The summed E-state index contributed by atoms with van der Waals surface area (Å²) in [7, 11) is 0. The summed E-state index contributed by atoms with van der Waals surface area (Å²) in [5.74, 6) is 0. The maximum Gasteiger partial charge on any atom is 0.101 e. The van der Waals surface area contributed by atoms with E-state index in [4.69, 9.17) is 16.6 Å². The zero-order valence-corrected chi connectivity index (χ0v) is 19.1. The molecule has 0 amide bonds. The lowest BCUT2D eigenvalue weighted by molar-refractivity contribution is 0.251. The Morgan fingerprint density at radius 1 is 1.24 bits per heavy atom. The van der Waals surface area contributed by atoms with Crippen molar-refractivity contribution in [2.45, 2.75) is 69.2 Å². The van der Waals surface area contributed by atoms with E-state index in [1.54, 1.807) is 0 Å². The topological polar surface area (TPSA) is 37.0 Å². The predicted molar refractivity (Wildman–Crippen MR) is 125 cm³/mol. The molecule has 2 N–H and O–H groups in total. The molecule has 5 heteroatoms. The first-order valence-corrected chi connectivity index (χ1v) is 12.1. The Labute approximate surface area is 184 Å². The van der Waals surface area contributed by atoms with Gasteiger partial charge >= 0.3 is 0 Å². The fourth-order valence-corrected chi connectivity index (χ4v) is 6.46. The molecule has 1 fully saturated rings. The predicted octanol–water partition coefficient (Wildman–Crippen LogP) is 6.10. The molecule has 3 nitrogen and oxygen atoms in total. The Morgan fingerprint density at radius 2 is 2.10 bits per heavy atom. The minimum Gasteiger partial charge on any atom is -0.379 e. The number of halogens is 1. The van der Waals surface area contributed by atoms with Crippen molar-refractivity contribution in [3.8, 4) is 0 Å². The van der Waals surface area contributed by atoms with Gasteiger partial charge in [0.15, 0.2) is 0 Å². The molecular weight excluding hydrogens is 398 g/mol. The minimum atomic E-state index is 0.451. The number of thioether (sulfide) groups is 1. The highest BCUT2D eigenvalue weighted by Crippen LogP contribution is 2.42. The molecule has 0 spiro atoms. The number of hydrogen-bond acceptors (Lipinski definition) is 4. The van der Waals surface area contributed by atoms with Gasteiger partial charge in [0.25, 0.3) is 0 Å². The molecule has 0 radical (unpaired) electrons. The fraction of sp³-hybridized carbons (Fsp3) is 0.542. The number of nitrogens with one attached hydrogen (secondary N) is 2. The Bertz CT molecular complexity index is 852. The van der Waals surface area contributed by atoms with Gasteiger partial charge in [-0.15, -0.1) is 11.8 Å². The van der Waals surface area contributed by atoms with Crippen LogP contribution in [-0.4, -0.2) is 23.3 Å². The van der Waals surface area contributed by atoms with Gasteiger partial charge < -0.3 is 10.6 Å². The van der Waals surface area contributed by atoms with Crippen LogP contribution in [0.3, 0.4) is 0 Å². The van der Waals surface area contributed by atoms with Crippen LogP contribution in [0.15, 0.2) is 35.5 Å². The van der Waals surface area contributed by atoms with Crippen molar-refractivity contribution < 1.29 is 0 Å². The van der Waals surface area contributed by atoms with E-state index in [1.807, 2.05) is 30.1 Å². The monoisotopic (exact) mass is 429 g/mol. The Balaban J connectivity index is 1.50. The van der Waals surface area contributed by atoms with E-state index in [0.717, 1.165) is 43.2 Å². The second-order valence-corrected chi connectivity index (χ2v) is 10.8. The van der Waals surface area contributed by atoms with Crippen LogP contribution >= 0.6 is 23.4 Å². The Morgan fingerprint density at radius 3 is 2.97 bits per heavy atom. The zero-order chi connectivity index (χ0) is 20.3. The number of anilines is 1. The maximum absolute atomic E-state index is 6.60. The number of aromatic nitrogens is 1. The molecule has 2 heterocycles. The van der Waals surface area contributed by atoms with Crippen LogP contribution in [0.25, 0.3) is 0 Å². The van der Waals surface area contributed by atoms with E-state index in [-0.39, 0.29) is 0 Å². The first kappa shape index (κ1) is 21.0. The van der Waals surface area contributed by atoms with E-state index < -0.39 is 0 Å². The lowest BCUT2D eigenvalue weighted by Gasteiger charge is -2.34. The van der Waals surface area contributed by atoms with E-state index in [9.17, 15) is 0 Å². The van der Waals surface area contributed by atoms with Crippen molar-refractivity contribution >= 4 is 29.1 Å². The van der Waals surface area contributed by atoms with Gasteiger partial charge in [0.2, 0.25) is 0 Å². The number of hydrogen-bond donors (Lipinski definition) is 2. The van der Waals surface area contributed by atoms with Gasteiger partial charge in [-0.3, -0.25) is 0 Å². The van der Waals surface area contributed by atoms with Gasteiger partial charge in [0.1, 0.15) is 5.03 Å². The Hall–Kier alpha value is -1.23. The average Bonchev–Trinajstić information content (AvgIpc) is 2.93. The third-order valence-corrected chi connectivity index (χ3v) is 7.87. The molecule has 1 aliphatic heterocycles. The van der Waals surface area contributed by atoms with Crippen LogP contribution in [0.5, 0.6) is 0 Å². The first-order valence-electron chi connectivity index (χ1n) is 10.9. The lowest BCUT2D eigenvalue weighted by Crippen LogP contribution is -2.24. The number of fused-ring (bicyclic) bond motifs is 1. The zero-order valence-electron chi connectivity index (χ0n) is 17.6. The second-order valence-electron chi connectivity index (χ2n) is 9.13. The largest absolute Gasteiger partial charge is 0.379 e. The third-order valence-electron chi connectivity index (χ3n) is 6.23. The molecular formula is C24H32ClN3S. The van der Waals surface area contributed by atoms with Crippen molar-refractivity contribution in [1.29, 1.82) is 0 Å². The van der Waals surface area contributed by atoms with Gasteiger partial charge in [0, 0.05) is 23.6 Å². The van der Waals surface area contributed by atoms with E-state index in [0.29, 0.717) is 10.7 Å². The van der Waals surface area contributed by atoms with Crippen molar-refractivity contribution in [1.82, 2.24) is 10.3 Å². The van der Waals surface area contributed by atoms with Gasteiger partial charge in [-0.2, -0.15) is 0 Å². The molecule has 0 bridgehead atoms. The smallest absolute Gasteiger partial charge is 0.101 e. The van der Waals surface area contributed by atoms with Crippen molar-refractivity contribution in [2.75, 3.05) is 18.4 Å². The normalized spacial score (nSPS) is 21.3. The standard InChI is InChI=1S/C24H32ClN3S/c1-24(2)11-3-6-19(15-24)29-23-18(5-4-12-27-23)16-28-22-20-10-14-26-13-9-17(20)7-8-21(22)25/h4-5,7-8,12,19,26,28H,3,6,9-11,13-16H2,1-2H3. The molecule has 0 saturated heterocycles. The number of benzene rings is 1. The fourth-order valence-electron chi connectivity index (χ4n) is 4.67. The highest BCUT2D eigenvalue weighted by Gasteiger charge is 2.29.